The zero-order chi connectivity index (χ0) is 25.6. The highest BCUT2D eigenvalue weighted by Crippen LogP contribution is 2.27. The van der Waals surface area contributed by atoms with Gasteiger partial charge in [-0.05, 0) is 16.7 Å². The van der Waals surface area contributed by atoms with E-state index in [9.17, 15) is 14.4 Å². The third-order valence-electron chi connectivity index (χ3n) is 5.46. The standard InChI is InChI=1S/C30H30O6/c1-2-18-36-30(20-27(31)19-24-12-6-3-7-13-24,29(33)35-23-26-16-10-5-11-17-26)21-28(32)34-22-25-14-8-4-9-15-25/h2-17H,1,18-23H2. The van der Waals surface area contributed by atoms with Crippen LogP contribution < -0.4 is 0 Å². The molecule has 0 aromatic heterocycles. The third kappa shape index (κ3) is 8.32. The fraction of sp³-hybridized carbons (Fsp3) is 0.233. The molecule has 3 rings (SSSR count). The topological polar surface area (TPSA) is 78.9 Å². The Hall–Kier alpha value is -4.03. The average molecular weight is 487 g/mol. The number of ether oxygens (including phenoxy) is 3. The Morgan fingerprint density at radius 3 is 1.72 bits per heavy atom. The van der Waals surface area contributed by atoms with Crippen LogP contribution >= 0.6 is 0 Å². The number of ketones is 1. The fourth-order valence-corrected chi connectivity index (χ4v) is 3.67. The van der Waals surface area contributed by atoms with E-state index in [-0.39, 0.29) is 38.4 Å². The quantitative estimate of drug-likeness (QED) is 0.236. The first-order valence-electron chi connectivity index (χ1n) is 11.7. The SMILES string of the molecule is C=CCOC(CC(=O)Cc1ccccc1)(CC(=O)OCc1ccccc1)C(=O)OCc1ccccc1. The number of rotatable bonds is 14. The Morgan fingerprint density at radius 2 is 1.19 bits per heavy atom. The molecule has 186 valence electrons. The Morgan fingerprint density at radius 1 is 0.694 bits per heavy atom. The first-order valence-corrected chi connectivity index (χ1v) is 11.7. The van der Waals surface area contributed by atoms with Crippen LogP contribution in [0.4, 0.5) is 0 Å². The van der Waals surface area contributed by atoms with Crippen molar-refractivity contribution in [1.82, 2.24) is 0 Å². The summed E-state index contributed by atoms with van der Waals surface area (Å²) in [6.45, 7) is 3.60. The van der Waals surface area contributed by atoms with Crippen LogP contribution in [0.5, 0.6) is 0 Å². The lowest BCUT2D eigenvalue weighted by Crippen LogP contribution is -2.47. The first kappa shape index (κ1) is 26.6. The van der Waals surface area contributed by atoms with E-state index in [1.807, 2.05) is 91.0 Å². The summed E-state index contributed by atoms with van der Waals surface area (Å²) in [6, 6.07) is 27.5. The number of Topliss-reactive ketones (excluding diaryl/α,β-unsaturated/α-hetero) is 1. The highest BCUT2D eigenvalue weighted by molar-refractivity contribution is 5.93. The van der Waals surface area contributed by atoms with Gasteiger partial charge in [-0.3, -0.25) is 9.59 Å². The molecule has 6 nitrogen and oxygen atoms in total. The average Bonchev–Trinajstić information content (AvgIpc) is 2.91. The molecule has 0 radical (unpaired) electrons. The smallest absolute Gasteiger partial charge is 0.339 e. The van der Waals surface area contributed by atoms with Crippen LogP contribution in [-0.2, 0) is 48.2 Å². The Balaban J connectivity index is 1.79. The minimum atomic E-state index is -1.84. The minimum Gasteiger partial charge on any atom is -0.461 e. The van der Waals surface area contributed by atoms with Crippen LogP contribution in [0.2, 0.25) is 0 Å². The molecule has 0 heterocycles. The number of hydrogen-bond donors (Lipinski definition) is 0. The zero-order valence-electron chi connectivity index (χ0n) is 20.1. The Labute approximate surface area is 211 Å². The Kier molecular flexibility index (Phi) is 10.2. The van der Waals surface area contributed by atoms with Gasteiger partial charge in [0.05, 0.1) is 13.0 Å². The van der Waals surface area contributed by atoms with Gasteiger partial charge in [0.2, 0.25) is 0 Å². The molecule has 0 aliphatic heterocycles. The summed E-state index contributed by atoms with van der Waals surface area (Å²) in [4.78, 5) is 39.3. The second-order valence-electron chi connectivity index (χ2n) is 8.36. The van der Waals surface area contributed by atoms with Crippen LogP contribution in [0.15, 0.2) is 104 Å². The molecule has 1 unspecified atom stereocenters. The molecule has 36 heavy (non-hydrogen) atoms. The van der Waals surface area contributed by atoms with Gasteiger partial charge >= 0.3 is 11.9 Å². The van der Waals surface area contributed by atoms with E-state index in [0.29, 0.717) is 0 Å². The van der Waals surface area contributed by atoms with Crippen molar-refractivity contribution < 1.29 is 28.6 Å². The van der Waals surface area contributed by atoms with Crippen molar-refractivity contribution in [2.75, 3.05) is 6.61 Å². The molecule has 1 atom stereocenters. The second kappa shape index (κ2) is 13.8. The zero-order valence-corrected chi connectivity index (χ0v) is 20.1. The molecule has 0 aliphatic carbocycles. The molecule has 0 saturated carbocycles. The van der Waals surface area contributed by atoms with Gasteiger partial charge in [0, 0.05) is 12.8 Å². The highest BCUT2D eigenvalue weighted by Gasteiger charge is 2.45. The van der Waals surface area contributed by atoms with Gasteiger partial charge in [-0.15, -0.1) is 6.58 Å². The maximum absolute atomic E-state index is 13.4. The fourth-order valence-electron chi connectivity index (χ4n) is 3.67. The monoisotopic (exact) mass is 486 g/mol. The lowest BCUT2D eigenvalue weighted by atomic mass is 9.90. The molecule has 0 fully saturated rings. The maximum atomic E-state index is 13.4. The van der Waals surface area contributed by atoms with Crippen molar-refractivity contribution >= 4 is 17.7 Å². The molecule has 0 bridgehead atoms. The predicted octanol–water partition coefficient (Wildman–Crippen LogP) is 5.01. The number of carbonyl (C=O) groups is 3. The number of benzene rings is 3. The van der Waals surface area contributed by atoms with E-state index in [1.54, 1.807) is 0 Å². The van der Waals surface area contributed by atoms with Gasteiger partial charge in [-0.2, -0.15) is 0 Å². The van der Waals surface area contributed by atoms with Crippen LogP contribution in [0.25, 0.3) is 0 Å². The highest BCUT2D eigenvalue weighted by atomic mass is 16.6. The molecule has 3 aromatic rings. The van der Waals surface area contributed by atoms with Crippen molar-refractivity contribution in [2.24, 2.45) is 0 Å². The van der Waals surface area contributed by atoms with Crippen molar-refractivity contribution in [3.8, 4) is 0 Å². The summed E-state index contributed by atoms with van der Waals surface area (Å²) in [7, 11) is 0. The lowest BCUT2D eigenvalue weighted by Gasteiger charge is -2.30. The van der Waals surface area contributed by atoms with E-state index in [1.165, 1.54) is 6.08 Å². The second-order valence-corrected chi connectivity index (χ2v) is 8.36. The van der Waals surface area contributed by atoms with Crippen LogP contribution in [0.3, 0.4) is 0 Å². The van der Waals surface area contributed by atoms with Gasteiger partial charge in [0.25, 0.3) is 0 Å². The maximum Gasteiger partial charge on any atom is 0.339 e. The summed E-state index contributed by atoms with van der Waals surface area (Å²) in [6.07, 6.45) is 0.729. The molecule has 0 spiro atoms. The summed E-state index contributed by atoms with van der Waals surface area (Å²) >= 11 is 0. The first-order chi connectivity index (χ1) is 17.5. The van der Waals surface area contributed by atoms with Crippen molar-refractivity contribution in [1.29, 1.82) is 0 Å². The van der Waals surface area contributed by atoms with E-state index >= 15 is 0 Å². The van der Waals surface area contributed by atoms with E-state index in [2.05, 4.69) is 6.58 Å². The normalized spacial score (nSPS) is 12.2. The van der Waals surface area contributed by atoms with E-state index in [4.69, 9.17) is 14.2 Å². The summed E-state index contributed by atoms with van der Waals surface area (Å²) < 4.78 is 16.8. The molecule has 0 amide bonds. The molecule has 0 saturated heterocycles. The predicted molar refractivity (Wildman–Crippen MR) is 136 cm³/mol. The number of esters is 2. The van der Waals surface area contributed by atoms with Crippen molar-refractivity contribution in [3.05, 3.63) is 120 Å². The number of carbonyl (C=O) groups excluding carboxylic acids is 3. The molecule has 0 N–H and O–H groups in total. The Bertz CT molecular complexity index is 1130. The van der Waals surface area contributed by atoms with Gasteiger partial charge in [0.1, 0.15) is 19.0 Å². The van der Waals surface area contributed by atoms with Gasteiger partial charge in [-0.1, -0.05) is 97.1 Å². The van der Waals surface area contributed by atoms with Crippen LogP contribution in [0.1, 0.15) is 29.5 Å². The molecular formula is C30H30O6. The van der Waals surface area contributed by atoms with Gasteiger partial charge < -0.3 is 14.2 Å². The lowest BCUT2D eigenvalue weighted by molar-refractivity contribution is -0.182. The van der Waals surface area contributed by atoms with E-state index < -0.39 is 24.0 Å². The molecule has 0 aliphatic rings. The van der Waals surface area contributed by atoms with Crippen molar-refractivity contribution in [3.63, 3.8) is 0 Å². The van der Waals surface area contributed by atoms with Crippen LogP contribution in [0, 0.1) is 0 Å². The van der Waals surface area contributed by atoms with Crippen LogP contribution in [-0.4, -0.2) is 29.9 Å². The van der Waals surface area contributed by atoms with Crippen molar-refractivity contribution in [2.45, 2.75) is 38.1 Å². The summed E-state index contributed by atoms with van der Waals surface area (Å²) in [5.41, 5.74) is 0.522. The van der Waals surface area contributed by atoms with Gasteiger partial charge in [0.15, 0.2) is 5.60 Å². The number of hydrogen-bond acceptors (Lipinski definition) is 6. The molecule has 6 heteroatoms. The summed E-state index contributed by atoms with van der Waals surface area (Å²) in [5, 5.41) is 0. The van der Waals surface area contributed by atoms with Gasteiger partial charge in [-0.25, -0.2) is 4.79 Å². The van der Waals surface area contributed by atoms with E-state index in [0.717, 1.165) is 16.7 Å². The third-order valence-corrected chi connectivity index (χ3v) is 5.46. The minimum absolute atomic E-state index is 0.0230. The molecule has 3 aromatic carbocycles. The largest absolute Gasteiger partial charge is 0.461 e. The molecular weight excluding hydrogens is 456 g/mol. The summed E-state index contributed by atoms with van der Waals surface area (Å²) in [5.74, 6) is -1.74.